The molecule has 2 aromatic rings. The molecule has 0 aliphatic heterocycles. The van der Waals surface area contributed by atoms with Crippen LogP contribution in [-0.2, 0) is 11.3 Å². The number of nitrogens with one attached hydrogen (secondary N) is 1. The lowest BCUT2D eigenvalue weighted by Crippen LogP contribution is -2.03. The molecule has 0 aliphatic carbocycles. The second-order valence-electron chi connectivity index (χ2n) is 4.35. The highest BCUT2D eigenvalue weighted by Gasteiger charge is 2.09. The van der Waals surface area contributed by atoms with Crippen molar-refractivity contribution in [1.82, 2.24) is 9.97 Å². The average Bonchev–Trinajstić information content (AvgIpc) is 2.42. The molecular formula is C14H15Cl2N3O2. The van der Waals surface area contributed by atoms with Crippen LogP contribution in [0.3, 0.4) is 0 Å². The van der Waals surface area contributed by atoms with E-state index in [1.807, 2.05) is 13.0 Å². The lowest BCUT2D eigenvalue weighted by atomic mass is 10.2. The minimum atomic E-state index is 0.284. The minimum Gasteiger partial charge on any atom is -0.495 e. The van der Waals surface area contributed by atoms with E-state index in [2.05, 4.69) is 15.3 Å². The largest absolute Gasteiger partial charge is 0.495 e. The van der Waals surface area contributed by atoms with Crippen molar-refractivity contribution >= 4 is 34.7 Å². The molecule has 2 rings (SSSR count). The molecule has 0 amide bonds. The first-order chi connectivity index (χ1) is 10.0. The van der Waals surface area contributed by atoms with E-state index in [0.29, 0.717) is 27.6 Å². The lowest BCUT2D eigenvalue weighted by molar-refractivity contribution is 0.178. The topological polar surface area (TPSA) is 56.3 Å². The zero-order valence-corrected chi connectivity index (χ0v) is 13.4. The van der Waals surface area contributed by atoms with Gasteiger partial charge in [0.25, 0.3) is 0 Å². The summed E-state index contributed by atoms with van der Waals surface area (Å²) in [5.74, 6) is 1.67. The number of hydrogen-bond acceptors (Lipinski definition) is 5. The molecular weight excluding hydrogens is 313 g/mol. The van der Waals surface area contributed by atoms with Crippen LogP contribution in [-0.4, -0.2) is 24.2 Å². The fourth-order valence-electron chi connectivity index (χ4n) is 1.79. The van der Waals surface area contributed by atoms with Gasteiger partial charge in [-0.25, -0.2) is 9.97 Å². The molecule has 21 heavy (non-hydrogen) atoms. The van der Waals surface area contributed by atoms with Gasteiger partial charge in [-0.1, -0.05) is 23.2 Å². The first kappa shape index (κ1) is 15.8. The second kappa shape index (κ2) is 6.93. The fourth-order valence-corrected chi connectivity index (χ4v) is 2.14. The molecule has 0 fully saturated rings. The Balaban J connectivity index is 2.35. The average molecular weight is 328 g/mol. The molecule has 0 bridgehead atoms. The van der Waals surface area contributed by atoms with Crippen LogP contribution in [0.2, 0.25) is 10.2 Å². The first-order valence-corrected chi connectivity index (χ1v) is 6.92. The Morgan fingerprint density at radius 1 is 1.14 bits per heavy atom. The highest BCUT2D eigenvalue weighted by molar-refractivity contribution is 6.31. The zero-order valence-electron chi connectivity index (χ0n) is 11.9. The summed E-state index contributed by atoms with van der Waals surface area (Å²) in [6, 6.07) is 5.26. The van der Waals surface area contributed by atoms with E-state index in [1.165, 1.54) is 0 Å². The molecule has 0 unspecified atom stereocenters. The number of aromatic nitrogens is 2. The van der Waals surface area contributed by atoms with E-state index in [-0.39, 0.29) is 6.61 Å². The Bertz CT molecular complexity index is 650. The molecule has 7 heteroatoms. The molecule has 0 radical (unpaired) electrons. The number of ether oxygens (including phenoxy) is 2. The molecule has 1 aromatic heterocycles. The van der Waals surface area contributed by atoms with Crippen molar-refractivity contribution in [2.75, 3.05) is 19.5 Å². The van der Waals surface area contributed by atoms with Gasteiger partial charge in [-0.3, -0.25) is 0 Å². The summed E-state index contributed by atoms with van der Waals surface area (Å²) >= 11 is 12.1. The van der Waals surface area contributed by atoms with Crippen LogP contribution in [0.15, 0.2) is 18.2 Å². The molecule has 0 aliphatic rings. The molecule has 5 nitrogen and oxygen atoms in total. The first-order valence-electron chi connectivity index (χ1n) is 6.17. The second-order valence-corrected chi connectivity index (χ2v) is 5.15. The van der Waals surface area contributed by atoms with E-state index in [1.54, 1.807) is 26.4 Å². The number of methoxy groups -OCH3 is 2. The van der Waals surface area contributed by atoms with Crippen molar-refractivity contribution in [2.24, 2.45) is 0 Å². The van der Waals surface area contributed by atoms with Gasteiger partial charge in [0.2, 0.25) is 0 Å². The SMILES string of the molecule is COCc1nc(Cl)cc(Nc2cc(C)c(Cl)cc2OC)n1. The molecule has 0 saturated carbocycles. The summed E-state index contributed by atoms with van der Waals surface area (Å²) in [4.78, 5) is 8.40. The number of rotatable bonds is 5. The fraction of sp³-hybridized carbons (Fsp3) is 0.286. The van der Waals surface area contributed by atoms with Crippen LogP contribution in [0.4, 0.5) is 11.5 Å². The van der Waals surface area contributed by atoms with Crippen LogP contribution >= 0.6 is 23.2 Å². The van der Waals surface area contributed by atoms with Gasteiger partial charge in [0.1, 0.15) is 23.3 Å². The summed E-state index contributed by atoms with van der Waals surface area (Å²) in [6.07, 6.45) is 0. The third kappa shape index (κ3) is 3.97. The monoisotopic (exact) mass is 327 g/mol. The molecule has 0 atom stereocenters. The molecule has 1 N–H and O–H groups in total. The predicted molar refractivity (Wildman–Crippen MR) is 83.8 cm³/mol. The van der Waals surface area contributed by atoms with Crippen LogP contribution in [0, 0.1) is 6.92 Å². The maximum atomic E-state index is 6.09. The van der Waals surface area contributed by atoms with E-state index in [9.17, 15) is 0 Å². The Morgan fingerprint density at radius 2 is 1.90 bits per heavy atom. The van der Waals surface area contributed by atoms with Gasteiger partial charge < -0.3 is 14.8 Å². The molecule has 0 saturated heterocycles. The Labute approximate surface area is 133 Å². The molecule has 1 heterocycles. The van der Waals surface area contributed by atoms with Crippen molar-refractivity contribution < 1.29 is 9.47 Å². The normalized spacial score (nSPS) is 10.5. The number of halogens is 2. The number of anilines is 2. The van der Waals surface area contributed by atoms with Gasteiger partial charge in [0, 0.05) is 24.3 Å². The standard InChI is InChI=1S/C14H15Cl2N3O2/c1-8-4-10(11(21-3)5-9(8)15)17-13-6-12(16)18-14(19-13)7-20-2/h4-6H,7H2,1-3H3,(H,17,18,19). The number of aryl methyl sites for hydroxylation is 1. The summed E-state index contributed by atoms with van der Waals surface area (Å²) < 4.78 is 10.3. The number of hydrogen-bond donors (Lipinski definition) is 1. The summed E-state index contributed by atoms with van der Waals surface area (Å²) in [5.41, 5.74) is 1.68. The maximum Gasteiger partial charge on any atom is 0.158 e. The van der Waals surface area contributed by atoms with Crippen LogP contribution in [0.25, 0.3) is 0 Å². The molecule has 1 aromatic carbocycles. The van der Waals surface area contributed by atoms with E-state index >= 15 is 0 Å². The van der Waals surface area contributed by atoms with Crippen LogP contribution in [0.1, 0.15) is 11.4 Å². The predicted octanol–water partition coefficient (Wildman–Crippen LogP) is 3.99. The van der Waals surface area contributed by atoms with Crippen molar-refractivity contribution in [1.29, 1.82) is 0 Å². The van der Waals surface area contributed by atoms with Gasteiger partial charge >= 0.3 is 0 Å². The Hall–Kier alpha value is -1.56. The van der Waals surface area contributed by atoms with Gasteiger partial charge in [-0.2, -0.15) is 0 Å². The van der Waals surface area contributed by atoms with Gasteiger partial charge in [0.05, 0.1) is 12.8 Å². The third-order valence-corrected chi connectivity index (χ3v) is 3.36. The highest BCUT2D eigenvalue weighted by atomic mass is 35.5. The summed E-state index contributed by atoms with van der Waals surface area (Å²) in [5, 5.41) is 4.13. The zero-order chi connectivity index (χ0) is 15.4. The van der Waals surface area contributed by atoms with E-state index < -0.39 is 0 Å². The van der Waals surface area contributed by atoms with E-state index in [0.717, 1.165) is 11.3 Å². The number of nitrogens with zero attached hydrogens (tertiary/aromatic N) is 2. The van der Waals surface area contributed by atoms with Crippen LogP contribution < -0.4 is 10.1 Å². The third-order valence-electron chi connectivity index (χ3n) is 2.76. The van der Waals surface area contributed by atoms with Crippen molar-refractivity contribution in [2.45, 2.75) is 13.5 Å². The van der Waals surface area contributed by atoms with Crippen molar-refractivity contribution in [3.63, 3.8) is 0 Å². The van der Waals surface area contributed by atoms with Crippen molar-refractivity contribution in [3.8, 4) is 5.75 Å². The van der Waals surface area contributed by atoms with Gasteiger partial charge in [-0.05, 0) is 18.6 Å². The summed E-state index contributed by atoms with van der Waals surface area (Å²) in [6.45, 7) is 2.20. The lowest BCUT2D eigenvalue weighted by Gasteiger charge is -2.13. The van der Waals surface area contributed by atoms with Crippen LogP contribution in [0.5, 0.6) is 5.75 Å². The minimum absolute atomic E-state index is 0.284. The van der Waals surface area contributed by atoms with Gasteiger partial charge in [-0.15, -0.1) is 0 Å². The molecule has 112 valence electrons. The van der Waals surface area contributed by atoms with Crippen molar-refractivity contribution in [3.05, 3.63) is 39.8 Å². The smallest absolute Gasteiger partial charge is 0.158 e. The Morgan fingerprint density at radius 3 is 2.57 bits per heavy atom. The number of benzene rings is 1. The highest BCUT2D eigenvalue weighted by Crippen LogP contribution is 2.32. The van der Waals surface area contributed by atoms with E-state index in [4.69, 9.17) is 32.7 Å². The van der Waals surface area contributed by atoms with Gasteiger partial charge in [0.15, 0.2) is 5.82 Å². The quantitative estimate of drug-likeness (QED) is 0.841. The Kier molecular flexibility index (Phi) is 5.22. The summed E-state index contributed by atoms with van der Waals surface area (Å²) in [7, 11) is 3.15. The maximum absolute atomic E-state index is 6.09. The molecule has 0 spiro atoms.